The Morgan fingerprint density at radius 2 is 2.20 bits per heavy atom. The minimum absolute atomic E-state index is 0.0496. The van der Waals surface area contributed by atoms with Gasteiger partial charge in [-0.05, 0) is 42.3 Å². The van der Waals surface area contributed by atoms with Gasteiger partial charge in [-0.3, -0.25) is 9.78 Å². The maximum atomic E-state index is 13.2. The van der Waals surface area contributed by atoms with Gasteiger partial charge in [0.2, 0.25) is 5.91 Å². The molecule has 1 aromatic carbocycles. The van der Waals surface area contributed by atoms with Crippen LogP contribution >= 0.6 is 0 Å². The number of carbonyl (C=O) groups excluding carboxylic acids is 1. The normalized spacial score (nSPS) is 11.0. The topological polar surface area (TPSA) is 71.1 Å². The Balaban J connectivity index is 1.52. The lowest BCUT2D eigenvalue weighted by Gasteiger charge is -2.18. The molecule has 2 aromatic heterocycles. The van der Waals surface area contributed by atoms with Crippen molar-refractivity contribution in [3.05, 3.63) is 59.4 Å². The first kappa shape index (κ1) is 17.0. The number of aromatic nitrogens is 3. The molecule has 0 atom stereocenters. The number of hydrogen-bond donors (Lipinski definition) is 1. The van der Waals surface area contributed by atoms with Gasteiger partial charge >= 0.3 is 0 Å². The number of carbonyl (C=O) groups is 1. The van der Waals surface area contributed by atoms with Crippen LogP contribution in [0, 0.1) is 12.7 Å². The van der Waals surface area contributed by atoms with Crippen molar-refractivity contribution < 1.29 is 13.9 Å². The van der Waals surface area contributed by atoms with E-state index in [1.54, 1.807) is 30.4 Å². The van der Waals surface area contributed by atoms with Crippen LogP contribution in [0.3, 0.4) is 0 Å². The molecule has 25 heavy (non-hydrogen) atoms. The summed E-state index contributed by atoms with van der Waals surface area (Å²) in [7, 11) is 1.73. The number of halogens is 1. The summed E-state index contributed by atoms with van der Waals surface area (Å²) in [5, 5.41) is 0. The van der Waals surface area contributed by atoms with Gasteiger partial charge in [0.05, 0.1) is 11.0 Å². The molecule has 7 heteroatoms. The molecule has 0 aliphatic heterocycles. The molecule has 0 aliphatic carbocycles. The van der Waals surface area contributed by atoms with Crippen LogP contribution < -0.4 is 0 Å². The fourth-order valence-corrected chi connectivity index (χ4v) is 2.47. The number of likely N-dealkylation sites (N-methyl/N-ethyl adjacent to an activating group) is 1. The smallest absolute Gasteiger partial charge is 0.248 e. The Hall–Kier alpha value is -2.80. The summed E-state index contributed by atoms with van der Waals surface area (Å²) in [6.07, 6.45) is 3.48. The number of aromatic amines is 1. The zero-order valence-electron chi connectivity index (χ0n) is 14.1. The predicted octanol–water partition coefficient (Wildman–Crippen LogP) is 2.58. The van der Waals surface area contributed by atoms with Crippen LogP contribution in [0.5, 0.6) is 0 Å². The minimum atomic E-state index is -0.327. The summed E-state index contributed by atoms with van der Waals surface area (Å²) in [6, 6.07) is 6.23. The zero-order valence-corrected chi connectivity index (χ0v) is 14.1. The number of hydrogen-bond acceptors (Lipinski definition) is 4. The van der Waals surface area contributed by atoms with Crippen LogP contribution in [-0.2, 0) is 22.7 Å². The van der Waals surface area contributed by atoms with Gasteiger partial charge in [-0.2, -0.15) is 0 Å². The first-order valence-electron chi connectivity index (χ1n) is 7.88. The molecule has 6 nitrogen and oxygen atoms in total. The van der Waals surface area contributed by atoms with Gasteiger partial charge in [-0.15, -0.1) is 0 Å². The van der Waals surface area contributed by atoms with E-state index in [1.807, 2.05) is 13.0 Å². The van der Waals surface area contributed by atoms with Gasteiger partial charge in [-0.25, -0.2) is 9.37 Å². The second kappa shape index (κ2) is 7.40. The SMILES string of the molecule is Cc1cnccc1CN(C)C(=O)COCc1nc2ccc(F)cc2[nH]1. The number of pyridine rings is 1. The number of benzene rings is 1. The van der Waals surface area contributed by atoms with E-state index in [-0.39, 0.29) is 24.9 Å². The Kier molecular flexibility index (Phi) is 5.04. The van der Waals surface area contributed by atoms with E-state index in [0.29, 0.717) is 23.4 Å². The number of aryl methyl sites for hydroxylation is 1. The number of nitrogens with one attached hydrogen (secondary N) is 1. The van der Waals surface area contributed by atoms with Crippen molar-refractivity contribution >= 4 is 16.9 Å². The summed E-state index contributed by atoms with van der Waals surface area (Å²) >= 11 is 0. The monoisotopic (exact) mass is 342 g/mol. The molecule has 0 unspecified atom stereocenters. The summed E-state index contributed by atoms with van der Waals surface area (Å²) in [6.45, 7) is 2.57. The Labute approximate surface area is 144 Å². The number of nitrogens with zero attached hydrogens (tertiary/aromatic N) is 3. The van der Waals surface area contributed by atoms with Gasteiger partial charge in [-0.1, -0.05) is 0 Å². The highest BCUT2D eigenvalue weighted by molar-refractivity contribution is 5.77. The van der Waals surface area contributed by atoms with Crippen LogP contribution in [0.1, 0.15) is 17.0 Å². The highest BCUT2D eigenvalue weighted by Crippen LogP contribution is 2.13. The molecule has 1 N–H and O–H groups in total. The van der Waals surface area contributed by atoms with E-state index >= 15 is 0 Å². The average molecular weight is 342 g/mol. The number of imidazole rings is 1. The van der Waals surface area contributed by atoms with Gasteiger partial charge < -0.3 is 14.6 Å². The van der Waals surface area contributed by atoms with Crippen molar-refractivity contribution in [1.29, 1.82) is 0 Å². The summed E-state index contributed by atoms with van der Waals surface area (Å²) in [5.74, 6) is 0.103. The van der Waals surface area contributed by atoms with E-state index in [0.717, 1.165) is 11.1 Å². The molecule has 2 heterocycles. The standard InChI is InChI=1S/C18H19FN4O2/c1-12-8-20-6-5-13(12)9-23(2)18(24)11-25-10-17-21-15-4-3-14(19)7-16(15)22-17/h3-8H,9-11H2,1-2H3,(H,21,22). The molecule has 1 amide bonds. The second-order valence-corrected chi connectivity index (χ2v) is 5.89. The lowest BCUT2D eigenvalue weighted by Crippen LogP contribution is -2.30. The summed E-state index contributed by atoms with van der Waals surface area (Å²) in [4.78, 5) is 25.1. The van der Waals surface area contributed by atoms with Crippen molar-refractivity contribution in [1.82, 2.24) is 19.9 Å². The van der Waals surface area contributed by atoms with Crippen LogP contribution in [0.2, 0.25) is 0 Å². The molecule has 0 radical (unpaired) electrons. The lowest BCUT2D eigenvalue weighted by molar-refractivity contribution is -0.135. The molecule has 3 rings (SSSR count). The third kappa shape index (κ3) is 4.19. The maximum absolute atomic E-state index is 13.2. The highest BCUT2D eigenvalue weighted by atomic mass is 19.1. The third-order valence-corrected chi connectivity index (χ3v) is 3.93. The molecule has 0 saturated heterocycles. The first-order valence-corrected chi connectivity index (χ1v) is 7.88. The van der Waals surface area contributed by atoms with E-state index in [9.17, 15) is 9.18 Å². The lowest BCUT2D eigenvalue weighted by atomic mass is 10.1. The molecule has 0 saturated carbocycles. The molecular weight excluding hydrogens is 323 g/mol. The number of H-pyrrole nitrogens is 1. The summed E-state index contributed by atoms with van der Waals surface area (Å²) < 4.78 is 18.6. The number of rotatable bonds is 6. The average Bonchev–Trinajstić information content (AvgIpc) is 2.98. The fourth-order valence-electron chi connectivity index (χ4n) is 2.47. The number of amides is 1. The van der Waals surface area contributed by atoms with Gasteiger partial charge in [0.25, 0.3) is 0 Å². The quantitative estimate of drug-likeness (QED) is 0.747. The van der Waals surface area contributed by atoms with E-state index < -0.39 is 0 Å². The number of fused-ring (bicyclic) bond motifs is 1. The van der Waals surface area contributed by atoms with Crippen LogP contribution in [0.15, 0.2) is 36.7 Å². The third-order valence-electron chi connectivity index (χ3n) is 3.93. The van der Waals surface area contributed by atoms with Gasteiger partial charge in [0, 0.05) is 26.0 Å². The molecule has 0 spiro atoms. The van der Waals surface area contributed by atoms with Gasteiger partial charge in [0.15, 0.2) is 0 Å². The van der Waals surface area contributed by atoms with Crippen molar-refractivity contribution in [3.8, 4) is 0 Å². The Bertz CT molecular complexity index is 894. The minimum Gasteiger partial charge on any atom is -0.364 e. The van der Waals surface area contributed by atoms with Crippen molar-refractivity contribution in [3.63, 3.8) is 0 Å². The largest absolute Gasteiger partial charge is 0.364 e. The maximum Gasteiger partial charge on any atom is 0.248 e. The van der Waals surface area contributed by atoms with Crippen molar-refractivity contribution in [2.75, 3.05) is 13.7 Å². The zero-order chi connectivity index (χ0) is 17.8. The van der Waals surface area contributed by atoms with Crippen molar-refractivity contribution in [2.24, 2.45) is 0 Å². The fraction of sp³-hybridized carbons (Fsp3) is 0.278. The molecular formula is C18H19FN4O2. The Morgan fingerprint density at radius 3 is 3.00 bits per heavy atom. The van der Waals surface area contributed by atoms with Gasteiger partial charge in [0.1, 0.15) is 24.9 Å². The summed E-state index contributed by atoms with van der Waals surface area (Å²) in [5.41, 5.74) is 3.36. The second-order valence-electron chi connectivity index (χ2n) is 5.89. The molecule has 130 valence electrons. The number of ether oxygens (including phenoxy) is 1. The van der Waals surface area contributed by atoms with Crippen LogP contribution in [0.4, 0.5) is 4.39 Å². The Morgan fingerprint density at radius 1 is 1.36 bits per heavy atom. The van der Waals surface area contributed by atoms with E-state index in [4.69, 9.17) is 4.74 Å². The van der Waals surface area contributed by atoms with E-state index in [1.165, 1.54) is 12.1 Å². The first-order chi connectivity index (χ1) is 12.0. The highest BCUT2D eigenvalue weighted by Gasteiger charge is 2.11. The molecule has 0 aliphatic rings. The molecule has 3 aromatic rings. The van der Waals surface area contributed by atoms with Crippen LogP contribution in [-0.4, -0.2) is 39.4 Å². The van der Waals surface area contributed by atoms with E-state index in [2.05, 4.69) is 15.0 Å². The molecule has 0 fully saturated rings. The van der Waals surface area contributed by atoms with Crippen LogP contribution in [0.25, 0.3) is 11.0 Å². The predicted molar refractivity (Wildman–Crippen MR) is 91.2 cm³/mol. The van der Waals surface area contributed by atoms with Crippen molar-refractivity contribution in [2.45, 2.75) is 20.1 Å². The molecule has 0 bridgehead atoms.